The maximum atomic E-state index is 12.8. The van der Waals surface area contributed by atoms with Crippen molar-refractivity contribution in [1.29, 1.82) is 0 Å². The third-order valence-corrected chi connectivity index (χ3v) is 6.09. The van der Waals surface area contributed by atoms with E-state index in [1.54, 1.807) is 18.2 Å². The number of nitrogens with zero attached hydrogens (tertiary/aromatic N) is 2. The highest BCUT2D eigenvalue weighted by molar-refractivity contribution is 7.16. The zero-order valence-corrected chi connectivity index (χ0v) is 18.4. The summed E-state index contributed by atoms with van der Waals surface area (Å²) in [5, 5.41) is 0.693. The monoisotopic (exact) mass is 428 g/mol. The Hall–Kier alpha value is -2.37. The molecule has 29 heavy (non-hydrogen) atoms. The summed E-state index contributed by atoms with van der Waals surface area (Å²) in [7, 11) is 0. The lowest BCUT2D eigenvalue weighted by Crippen LogP contribution is -2.16. The molecule has 1 heterocycles. The topological polar surface area (TPSA) is 43.6 Å². The average molecular weight is 429 g/mol. The SMILES string of the molecule is C=CCn1c(=NC(=O)c2cccc(OCCCCC)c2)sc2ccc(Cl)c(C)c21. The van der Waals surface area contributed by atoms with Crippen molar-refractivity contribution in [3.63, 3.8) is 0 Å². The number of aromatic nitrogens is 1. The molecule has 0 saturated heterocycles. The fourth-order valence-electron chi connectivity index (χ4n) is 3.11. The molecule has 0 N–H and O–H groups in total. The van der Waals surface area contributed by atoms with Crippen LogP contribution in [0, 0.1) is 6.92 Å². The van der Waals surface area contributed by atoms with Crippen molar-refractivity contribution in [2.75, 3.05) is 6.61 Å². The number of hydrogen-bond acceptors (Lipinski definition) is 3. The maximum Gasteiger partial charge on any atom is 0.279 e. The van der Waals surface area contributed by atoms with Gasteiger partial charge in [-0.1, -0.05) is 54.8 Å². The van der Waals surface area contributed by atoms with Crippen molar-refractivity contribution in [2.45, 2.75) is 39.7 Å². The standard InChI is InChI=1S/C23H25ClN2O2S/c1-4-6-7-14-28-18-10-8-9-17(15-18)22(27)25-23-26(13-5-2)21-16(3)19(24)11-12-20(21)29-23/h5,8-12,15H,2,4,6-7,13-14H2,1,3H3. The van der Waals surface area contributed by atoms with Gasteiger partial charge in [-0.25, -0.2) is 0 Å². The molecule has 3 rings (SSSR count). The highest BCUT2D eigenvalue weighted by atomic mass is 35.5. The molecule has 0 bridgehead atoms. The predicted molar refractivity (Wildman–Crippen MR) is 121 cm³/mol. The van der Waals surface area contributed by atoms with Gasteiger partial charge in [-0.05, 0) is 49.2 Å². The zero-order chi connectivity index (χ0) is 20.8. The Balaban J connectivity index is 1.95. The molecule has 0 fully saturated rings. The van der Waals surface area contributed by atoms with Crippen molar-refractivity contribution in [1.82, 2.24) is 4.57 Å². The quantitative estimate of drug-likeness (QED) is 0.318. The molecule has 152 valence electrons. The fraction of sp³-hybridized carbons (Fsp3) is 0.304. The summed E-state index contributed by atoms with van der Waals surface area (Å²) < 4.78 is 8.78. The lowest BCUT2D eigenvalue weighted by Gasteiger charge is -2.07. The Morgan fingerprint density at radius 1 is 1.31 bits per heavy atom. The number of carbonyl (C=O) groups excluding carboxylic acids is 1. The van der Waals surface area contributed by atoms with Crippen LogP contribution < -0.4 is 9.54 Å². The van der Waals surface area contributed by atoms with Crippen molar-refractivity contribution >= 4 is 39.1 Å². The number of hydrogen-bond donors (Lipinski definition) is 0. The van der Waals surface area contributed by atoms with Gasteiger partial charge in [0.2, 0.25) is 0 Å². The van der Waals surface area contributed by atoms with Crippen LogP contribution in [-0.4, -0.2) is 17.1 Å². The third kappa shape index (κ3) is 4.98. The van der Waals surface area contributed by atoms with Gasteiger partial charge in [0.05, 0.1) is 16.8 Å². The number of unbranched alkanes of at least 4 members (excludes halogenated alkanes) is 2. The molecule has 0 spiro atoms. The molecule has 0 atom stereocenters. The number of halogens is 1. The Bertz CT molecular complexity index is 1100. The van der Waals surface area contributed by atoms with Gasteiger partial charge in [0.1, 0.15) is 5.75 Å². The van der Waals surface area contributed by atoms with Crippen LogP contribution in [0.3, 0.4) is 0 Å². The van der Waals surface area contributed by atoms with Crippen LogP contribution in [0.15, 0.2) is 54.0 Å². The van der Waals surface area contributed by atoms with Gasteiger partial charge in [-0.15, -0.1) is 6.58 Å². The first-order valence-electron chi connectivity index (χ1n) is 9.76. The average Bonchev–Trinajstić information content (AvgIpc) is 3.06. The molecule has 0 saturated carbocycles. The van der Waals surface area contributed by atoms with Gasteiger partial charge in [0, 0.05) is 17.1 Å². The van der Waals surface area contributed by atoms with Gasteiger partial charge in [-0.3, -0.25) is 4.79 Å². The van der Waals surface area contributed by atoms with E-state index in [4.69, 9.17) is 16.3 Å². The Kier molecular flexibility index (Phi) is 7.29. The normalized spacial score (nSPS) is 11.8. The first kappa shape index (κ1) is 21.3. The molecule has 0 aliphatic carbocycles. The van der Waals surface area contributed by atoms with Gasteiger partial charge in [-0.2, -0.15) is 4.99 Å². The summed E-state index contributed by atoms with van der Waals surface area (Å²) in [5.41, 5.74) is 2.47. The van der Waals surface area contributed by atoms with E-state index in [2.05, 4.69) is 18.5 Å². The fourth-order valence-corrected chi connectivity index (χ4v) is 4.36. The molecule has 2 aromatic carbocycles. The molecule has 1 aromatic heterocycles. The van der Waals surface area contributed by atoms with Crippen LogP contribution in [0.5, 0.6) is 5.75 Å². The molecular weight excluding hydrogens is 404 g/mol. The van der Waals surface area contributed by atoms with E-state index in [9.17, 15) is 4.79 Å². The number of thiazole rings is 1. The number of allylic oxidation sites excluding steroid dienone is 1. The van der Waals surface area contributed by atoms with Gasteiger partial charge >= 0.3 is 0 Å². The number of fused-ring (bicyclic) bond motifs is 1. The van der Waals surface area contributed by atoms with E-state index in [1.807, 2.05) is 35.8 Å². The minimum absolute atomic E-state index is 0.294. The van der Waals surface area contributed by atoms with E-state index in [-0.39, 0.29) is 5.91 Å². The molecule has 3 aromatic rings. The van der Waals surface area contributed by atoms with E-state index < -0.39 is 0 Å². The second kappa shape index (κ2) is 9.90. The molecule has 0 aliphatic heterocycles. The smallest absolute Gasteiger partial charge is 0.279 e. The molecule has 4 nitrogen and oxygen atoms in total. The molecule has 1 amide bonds. The Labute approximate surface area is 180 Å². The van der Waals surface area contributed by atoms with Gasteiger partial charge in [0.15, 0.2) is 4.80 Å². The van der Waals surface area contributed by atoms with Gasteiger partial charge < -0.3 is 9.30 Å². The van der Waals surface area contributed by atoms with Crippen LogP contribution in [0.2, 0.25) is 5.02 Å². The van der Waals surface area contributed by atoms with E-state index in [1.165, 1.54) is 11.3 Å². The second-order valence-electron chi connectivity index (χ2n) is 6.80. The summed E-state index contributed by atoms with van der Waals surface area (Å²) >= 11 is 7.77. The van der Waals surface area contributed by atoms with Crippen LogP contribution >= 0.6 is 22.9 Å². The van der Waals surface area contributed by atoms with Crippen molar-refractivity contribution in [3.05, 3.63) is 70.0 Å². The number of carbonyl (C=O) groups is 1. The zero-order valence-electron chi connectivity index (χ0n) is 16.8. The first-order valence-corrected chi connectivity index (χ1v) is 11.0. The van der Waals surface area contributed by atoms with Crippen LogP contribution in [0.25, 0.3) is 10.2 Å². The van der Waals surface area contributed by atoms with Gasteiger partial charge in [0.25, 0.3) is 5.91 Å². The summed E-state index contributed by atoms with van der Waals surface area (Å²) in [4.78, 5) is 17.9. The van der Waals surface area contributed by atoms with Crippen LogP contribution in [0.4, 0.5) is 0 Å². The molecular formula is C23H25ClN2O2S. The number of ether oxygens (including phenoxy) is 1. The van der Waals surface area contributed by atoms with Crippen molar-refractivity contribution in [2.24, 2.45) is 4.99 Å². The Morgan fingerprint density at radius 3 is 2.90 bits per heavy atom. The molecule has 0 radical (unpaired) electrons. The first-order chi connectivity index (χ1) is 14.0. The van der Waals surface area contributed by atoms with E-state index in [0.29, 0.717) is 34.3 Å². The predicted octanol–water partition coefficient (Wildman–Crippen LogP) is 6.16. The largest absolute Gasteiger partial charge is 0.494 e. The van der Waals surface area contributed by atoms with Crippen LogP contribution in [0.1, 0.15) is 42.1 Å². The minimum atomic E-state index is -0.294. The Morgan fingerprint density at radius 2 is 2.14 bits per heavy atom. The summed E-state index contributed by atoms with van der Waals surface area (Å²) in [6, 6.07) is 11.0. The lowest BCUT2D eigenvalue weighted by molar-refractivity contribution is 0.0997. The third-order valence-electron chi connectivity index (χ3n) is 4.64. The summed E-state index contributed by atoms with van der Waals surface area (Å²) in [6.45, 7) is 9.16. The van der Waals surface area contributed by atoms with Crippen molar-refractivity contribution < 1.29 is 9.53 Å². The minimum Gasteiger partial charge on any atom is -0.494 e. The number of rotatable bonds is 8. The highest BCUT2D eigenvalue weighted by Crippen LogP contribution is 2.27. The molecule has 0 aliphatic rings. The summed E-state index contributed by atoms with van der Waals surface area (Å²) in [6.07, 6.45) is 5.07. The van der Waals surface area contributed by atoms with E-state index in [0.717, 1.165) is 35.0 Å². The second-order valence-corrected chi connectivity index (χ2v) is 8.22. The number of benzene rings is 2. The lowest BCUT2D eigenvalue weighted by atomic mass is 10.2. The van der Waals surface area contributed by atoms with E-state index >= 15 is 0 Å². The molecule has 0 unspecified atom stereocenters. The van der Waals surface area contributed by atoms with Crippen LogP contribution in [-0.2, 0) is 6.54 Å². The number of aryl methyl sites for hydroxylation is 1. The number of amides is 1. The highest BCUT2D eigenvalue weighted by Gasteiger charge is 2.12. The maximum absolute atomic E-state index is 12.8. The molecule has 6 heteroatoms. The van der Waals surface area contributed by atoms with Crippen molar-refractivity contribution in [3.8, 4) is 5.75 Å². The summed E-state index contributed by atoms with van der Waals surface area (Å²) in [5.74, 6) is 0.400.